The van der Waals surface area contributed by atoms with E-state index in [0.29, 0.717) is 5.69 Å². The molecule has 1 aliphatic rings. The first-order valence-corrected chi connectivity index (χ1v) is 9.25. The Balaban J connectivity index is 1.61. The average molecular weight is 413 g/mol. The normalized spacial score (nSPS) is 14.1. The number of hydrogen-bond donors (Lipinski definition) is 3. The molecule has 0 saturated heterocycles. The molecule has 3 N–H and O–H groups in total. The van der Waals surface area contributed by atoms with Gasteiger partial charge in [-0.2, -0.15) is 18.2 Å². The third-order valence-electron chi connectivity index (χ3n) is 4.73. The summed E-state index contributed by atoms with van der Waals surface area (Å²) in [5.74, 6) is -0.397. The first-order chi connectivity index (χ1) is 14.3. The number of amides is 1. The molecule has 2 heterocycles. The van der Waals surface area contributed by atoms with Gasteiger partial charge in [-0.15, -0.1) is 0 Å². The number of aromatic nitrogens is 2. The first kappa shape index (κ1) is 19.7. The SMILES string of the molecule is C[C@H](Nc1nc(Nc2ccc3c(c2)CC(=O)N3)ncc1C(F)(F)F)c1ccccc1. The van der Waals surface area contributed by atoms with Crippen molar-refractivity contribution in [1.82, 2.24) is 9.97 Å². The zero-order chi connectivity index (χ0) is 21.3. The van der Waals surface area contributed by atoms with Gasteiger partial charge in [-0.1, -0.05) is 30.3 Å². The van der Waals surface area contributed by atoms with E-state index in [-0.39, 0.29) is 24.1 Å². The zero-order valence-electron chi connectivity index (χ0n) is 15.9. The molecule has 4 rings (SSSR count). The van der Waals surface area contributed by atoms with Crippen molar-refractivity contribution in [1.29, 1.82) is 0 Å². The van der Waals surface area contributed by atoms with Crippen LogP contribution in [0.15, 0.2) is 54.7 Å². The van der Waals surface area contributed by atoms with Crippen LogP contribution in [0.4, 0.5) is 36.3 Å². The van der Waals surface area contributed by atoms with Crippen LogP contribution in [0.3, 0.4) is 0 Å². The summed E-state index contributed by atoms with van der Waals surface area (Å²) >= 11 is 0. The number of fused-ring (bicyclic) bond motifs is 1. The van der Waals surface area contributed by atoms with Crippen molar-refractivity contribution in [3.05, 3.63) is 71.4 Å². The monoisotopic (exact) mass is 413 g/mol. The molecule has 0 spiro atoms. The summed E-state index contributed by atoms with van der Waals surface area (Å²) in [5, 5.41) is 8.48. The van der Waals surface area contributed by atoms with E-state index in [1.54, 1.807) is 25.1 Å². The molecule has 1 aromatic heterocycles. The second-order valence-corrected chi connectivity index (χ2v) is 6.95. The van der Waals surface area contributed by atoms with Gasteiger partial charge in [0.05, 0.1) is 6.42 Å². The lowest BCUT2D eigenvalue weighted by Gasteiger charge is -2.19. The molecule has 0 fully saturated rings. The van der Waals surface area contributed by atoms with Gasteiger partial charge in [0.15, 0.2) is 0 Å². The Hall–Kier alpha value is -3.62. The second kappa shape index (κ2) is 7.66. The number of benzene rings is 2. The van der Waals surface area contributed by atoms with Gasteiger partial charge in [0, 0.05) is 23.6 Å². The van der Waals surface area contributed by atoms with E-state index in [1.807, 2.05) is 30.3 Å². The summed E-state index contributed by atoms with van der Waals surface area (Å²) in [4.78, 5) is 19.4. The largest absolute Gasteiger partial charge is 0.421 e. The van der Waals surface area contributed by atoms with Crippen molar-refractivity contribution in [3.8, 4) is 0 Å². The molecule has 0 unspecified atom stereocenters. The van der Waals surface area contributed by atoms with Gasteiger partial charge >= 0.3 is 6.18 Å². The number of halogens is 3. The first-order valence-electron chi connectivity index (χ1n) is 9.25. The molecule has 6 nitrogen and oxygen atoms in total. The Bertz CT molecular complexity index is 1090. The predicted octanol–water partition coefficient (Wildman–Crippen LogP) is 4.91. The third kappa shape index (κ3) is 4.19. The molecule has 1 amide bonds. The number of nitrogens with zero attached hydrogens (tertiary/aromatic N) is 2. The summed E-state index contributed by atoms with van der Waals surface area (Å²) in [7, 11) is 0. The fourth-order valence-electron chi connectivity index (χ4n) is 3.23. The quantitative estimate of drug-likeness (QED) is 0.554. The average Bonchev–Trinajstić information content (AvgIpc) is 3.07. The van der Waals surface area contributed by atoms with Crippen molar-refractivity contribution >= 4 is 29.0 Å². The van der Waals surface area contributed by atoms with Crippen molar-refractivity contribution < 1.29 is 18.0 Å². The van der Waals surface area contributed by atoms with Crippen molar-refractivity contribution in [2.75, 3.05) is 16.0 Å². The molecule has 3 aromatic rings. The molecule has 2 aromatic carbocycles. The number of alkyl halides is 3. The highest BCUT2D eigenvalue weighted by Gasteiger charge is 2.35. The Labute approximate surface area is 170 Å². The summed E-state index contributed by atoms with van der Waals surface area (Å²) in [5.41, 5.74) is 1.98. The molecule has 1 atom stereocenters. The zero-order valence-corrected chi connectivity index (χ0v) is 15.9. The van der Waals surface area contributed by atoms with Gasteiger partial charge in [-0.3, -0.25) is 4.79 Å². The van der Waals surface area contributed by atoms with Crippen molar-refractivity contribution in [2.24, 2.45) is 0 Å². The van der Waals surface area contributed by atoms with Crippen LogP contribution in [-0.4, -0.2) is 15.9 Å². The second-order valence-electron chi connectivity index (χ2n) is 6.95. The number of hydrogen-bond acceptors (Lipinski definition) is 5. The van der Waals surface area contributed by atoms with Crippen LogP contribution in [-0.2, 0) is 17.4 Å². The smallest absolute Gasteiger partial charge is 0.363 e. The van der Waals surface area contributed by atoms with E-state index < -0.39 is 17.8 Å². The van der Waals surface area contributed by atoms with Gasteiger partial charge in [-0.25, -0.2) is 4.98 Å². The summed E-state index contributed by atoms with van der Waals surface area (Å²) in [6.07, 6.45) is -3.59. The molecule has 0 radical (unpaired) electrons. The van der Waals surface area contributed by atoms with E-state index >= 15 is 0 Å². The Morgan fingerprint density at radius 3 is 2.63 bits per heavy atom. The highest BCUT2D eigenvalue weighted by atomic mass is 19.4. The fraction of sp³-hybridized carbons (Fsp3) is 0.190. The summed E-state index contributed by atoms with van der Waals surface area (Å²) < 4.78 is 40.4. The van der Waals surface area contributed by atoms with E-state index in [4.69, 9.17) is 0 Å². The molecule has 0 aliphatic carbocycles. The van der Waals surface area contributed by atoms with E-state index in [1.165, 1.54) is 0 Å². The highest BCUT2D eigenvalue weighted by molar-refractivity contribution is 5.99. The summed E-state index contributed by atoms with van der Waals surface area (Å²) in [6.45, 7) is 1.76. The third-order valence-corrected chi connectivity index (χ3v) is 4.73. The van der Waals surface area contributed by atoms with Crippen LogP contribution in [0, 0.1) is 0 Å². The molecule has 30 heavy (non-hydrogen) atoms. The minimum Gasteiger partial charge on any atom is -0.363 e. The summed E-state index contributed by atoms with van der Waals surface area (Å²) in [6, 6.07) is 13.9. The maximum absolute atomic E-state index is 13.5. The molecule has 154 valence electrons. The molecular formula is C21H18F3N5O. The maximum atomic E-state index is 13.5. The van der Waals surface area contributed by atoms with Crippen LogP contribution in [0.5, 0.6) is 0 Å². The van der Waals surface area contributed by atoms with Gasteiger partial charge < -0.3 is 16.0 Å². The lowest BCUT2D eigenvalue weighted by molar-refractivity contribution is -0.137. The molecular weight excluding hydrogens is 395 g/mol. The van der Waals surface area contributed by atoms with Crippen LogP contribution in [0.1, 0.15) is 29.7 Å². The number of nitrogens with one attached hydrogen (secondary N) is 3. The minimum absolute atomic E-state index is 0.0167. The molecule has 9 heteroatoms. The number of carbonyl (C=O) groups is 1. The van der Waals surface area contributed by atoms with E-state index in [2.05, 4.69) is 25.9 Å². The fourth-order valence-corrected chi connectivity index (χ4v) is 3.23. The molecule has 1 aliphatic heterocycles. The van der Waals surface area contributed by atoms with Gasteiger partial charge in [0.1, 0.15) is 11.4 Å². The molecule has 0 saturated carbocycles. The number of rotatable bonds is 5. The van der Waals surface area contributed by atoms with Crippen molar-refractivity contribution in [3.63, 3.8) is 0 Å². The number of carbonyl (C=O) groups excluding carboxylic acids is 1. The molecule has 0 bridgehead atoms. The van der Waals surface area contributed by atoms with Crippen LogP contribution >= 0.6 is 0 Å². The highest BCUT2D eigenvalue weighted by Crippen LogP contribution is 2.35. The Kier molecular flexibility index (Phi) is 5.03. The van der Waals surface area contributed by atoms with Gasteiger partial charge in [0.2, 0.25) is 11.9 Å². The topological polar surface area (TPSA) is 78.9 Å². The Morgan fingerprint density at radius 2 is 1.90 bits per heavy atom. The number of anilines is 4. The van der Waals surface area contributed by atoms with Crippen LogP contribution < -0.4 is 16.0 Å². The lowest BCUT2D eigenvalue weighted by atomic mass is 10.1. The van der Waals surface area contributed by atoms with Gasteiger partial charge in [0.25, 0.3) is 0 Å². The van der Waals surface area contributed by atoms with Crippen molar-refractivity contribution in [2.45, 2.75) is 25.6 Å². The van der Waals surface area contributed by atoms with Gasteiger partial charge in [-0.05, 0) is 36.2 Å². The van der Waals surface area contributed by atoms with Crippen LogP contribution in [0.25, 0.3) is 0 Å². The van der Waals surface area contributed by atoms with E-state index in [9.17, 15) is 18.0 Å². The Morgan fingerprint density at radius 1 is 1.13 bits per heavy atom. The minimum atomic E-state index is -4.60. The van der Waals surface area contributed by atoms with Crippen LogP contribution in [0.2, 0.25) is 0 Å². The maximum Gasteiger partial charge on any atom is 0.421 e. The lowest BCUT2D eigenvalue weighted by Crippen LogP contribution is -2.16. The standard InChI is InChI=1S/C21H18F3N5O/c1-12(13-5-3-2-4-6-13)26-19-16(21(22,23)24)11-25-20(29-19)27-15-7-8-17-14(9-15)10-18(30)28-17/h2-9,11-12H,10H2,1H3,(H,28,30)(H2,25,26,27,29)/t12-/m0/s1. The van der Waals surface area contributed by atoms with E-state index in [0.717, 1.165) is 23.0 Å². The predicted molar refractivity (Wildman–Crippen MR) is 108 cm³/mol.